The van der Waals surface area contributed by atoms with E-state index in [1.165, 1.54) is 283 Å². The summed E-state index contributed by atoms with van der Waals surface area (Å²) in [6.07, 6.45) is 89.4. The van der Waals surface area contributed by atoms with Crippen LogP contribution >= 0.6 is 0 Å². The number of carbonyl (C=O) groups is 2. The van der Waals surface area contributed by atoms with Crippen LogP contribution in [0, 0.1) is 0 Å². The number of unbranched alkanes of at least 4 members (excludes halogenated alkanes) is 48. The van der Waals surface area contributed by atoms with Gasteiger partial charge in [-0.15, -0.1) is 0 Å². The van der Waals surface area contributed by atoms with Crippen molar-refractivity contribution in [1.29, 1.82) is 0 Å². The minimum absolute atomic E-state index is 0.00646. The van der Waals surface area contributed by atoms with Crippen LogP contribution in [0.25, 0.3) is 0 Å². The maximum atomic E-state index is 13.1. The average molecular weight is 1340 g/mol. The van der Waals surface area contributed by atoms with E-state index in [0.29, 0.717) is 19.4 Å². The summed E-state index contributed by atoms with van der Waals surface area (Å²) in [4.78, 5) is 25.2. The number of allylic oxidation sites excluding steroid dienone is 11. The number of hydrogen-bond acceptors (Lipinski definition) is 10. The van der Waals surface area contributed by atoms with E-state index in [1.807, 2.05) is 6.08 Å². The van der Waals surface area contributed by atoms with Gasteiger partial charge in [0.05, 0.1) is 32.0 Å². The first-order chi connectivity index (χ1) is 46.7. The molecule has 0 saturated carbocycles. The number of hydrogen-bond donors (Lipinski definition) is 6. The van der Waals surface area contributed by atoms with Crippen molar-refractivity contribution in [3.05, 3.63) is 72.9 Å². The Labute approximate surface area is 585 Å². The number of esters is 1. The summed E-state index contributed by atoms with van der Waals surface area (Å²) in [5, 5.41) is 54.5. The lowest BCUT2D eigenvalue weighted by atomic mass is 9.99. The first kappa shape index (κ1) is 90.1. The van der Waals surface area contributed by atoms with E-state index in [4.69, 9.17) is 14.2 Å². The Kier molecular flexibility index (Phi) is 68.6. The molecule has 1 heterocycles. The Morgan fingerprint density at radius 2 is 0.716 bits per heavy atom. The standard InChI is InChI=1S/C84H153NO10/c1-3-5-7-9-11-13-15-17-43-48-52-56-60-64-68-72-80(89)93-73-69-65-61-57-53-49-45-42-40-38-36-34-32-30-28-26-24-22-20-18-19-21-23-25-27-29-31-33-35-37-39-41-44-47-51-55-59-63-67-71-79(88)85-76(75-94-84-83(92)82(91)81(90)78(74-86)95-84)77(87)70-66-62-58-54-50-46-16-14-12-10-8-6-4-2/h12,14,17-19,22,24,43,50,54,66,70,76-78,81-84,86-87,90-92H,3-11,13,15-16,20-21,23,25-42,44-49,51-53,55-65,67-69,71-75H2,1-2H3,(H,85,88)/b14-12+,19-18-,24-22-,43-17-,54-50+,70-66+. The molecule has 1 saturated heterocycles. The van der Waals surface area contributed by atoms with Crippen molar-refractivity contribution in [2.45, 2.75) is 429 Å². The Hall–Kier alpha value is -2.90. The summed E-state index contributed by atoms with van der Waals surface area (Å²) >= 11 is 0. The van der Waals surface area contributed by atoms with Gasteiger partial charge in [0.25, 0.3) is 0 Å². The Balaban J connectivity index is 1.91. The van der Waals surface area contributed by atoms with Crippen LogP contribution < -0.4 is 5.32 Å². The summed E-state index contributed by atoms with van der Waals surface area (Å²) in [7, 11) is 0. The number of carbonyl (C=O) groups excluding carboxylic acids is 2. The third-order valence-corrected chi connectivity index (χ3v) is 19.0. The Morgan fingerprint density at radius 3 is 1.13 bits per heavy atom. The van der Waals surface area contributed by atoms with Gasteiger partial charge in [0.1, 0.15) is 24.4 Å². The fourth-order valence-corrected chi connectivity index (χ4v) is 12.6. The lowest BCUT2D eigenvalue weighted by Crippen LogP contribution is -2.60. The van der Waals surface area contributed by atoms with E-state index >= 15 is 0 Å². The van der Waals surface area contributed by atoms with E-state index in [1.54, 1.807) is 6.08 Å². The highest BCUT2D eigenvalue weighted by Crippen LogP contribution is 2.24. The van der Waals surface area contributed by atoms with Crippen LogP contribution in [-0.2, 0) is 23.8 Å². The summed E-state index contributed by atoms with van der Waals surface area (Å²) in [5.41, 5.74) is 0. The third-order valence-electron chi connectivity index (χ3n) is 19.0. The van der Waals surface area contributed by atoms with E-state index in [2.05, 4.69) is 79.9 Å². The van der Waals surface area contributed by atoms with E-state index in [9.17, 15) is 35.1 Å². The van der Waals surface area contributed by atoms with Gasteiger partial charge in [-0.25, -0.2) is 0 Å². The van der Waals surface area contributed by atoms with Crippen molar-refractivity contribution < 1.29 is 49.3 Å². The highest BCUT2D eigenvalue weighted by Gasteiger charge is 2.44. The first-order valence-corrected chi connectivity index (χ1v) is 40.7. The lowest BCUT2D eigenvalue weighted by molar-refractivity contribution is -0.302. The number of aliphatic hydroxyl groups is 5. The third kappa shape index (κ3) is 60.8. The molecule has 95 heavy (non-hydrogen) atoms. The SMILES string of the molecule is CCCCC/C=C/CC/C=C/CC/C=C/C(O)C(COC1OC(CO)C(O)C(O)C1O)NC(=O)CCCCCCCCCCCCCCCCCCC/C=C\C/C=C\CCCCCCCCCCCCCCCCCOC(=O)CCCCCCC/C=C\CCCCCCCC. The molecule has 0 aliphatic carbocycles. The lowest BCUT2D eigenvalue weighted by Gasteiger charge is -2.40. The van der Waals surface area contributed by atoms with Crippen LogP contribution in [0.15, 0.2) is 72.9 Å². The molecule has 0 aromatic carbocycles. The number of amides is 1. The van der Waals surface area contributed by atoms with Crippen LogP contribution in [0.5, 0.6) is 0 Å². The molecule has 1 fully saturated rings. The molecule has 1 amide bonds. The fraction of sp³-hybridized carbons (Fsp3) is 0.833. The number of ether oxygens (including phenoxy) is 3. The van der Waals surface area contributed by atoms with E-state index in [-0.39, 0.29) is 18.5 Å². The van der Waals surface area contributed by atoms with Gasteiger partial charge in [0.15, 0.2) is 6.29 Å². The van der Waals surface area contributed by atoms with Gasteiger partial charge in [0.2, 0.25) is 5.91 Å². The van der Waals surface area contributed by atoms with Crippen LogP contribution in [0.3, 0.4) is 0 Å². The molecule has 1 aliphatic rings. The quantitative estimate of drug-likeness (QED) is 0.0195. The van der Waals surface area contributed by atoms with Gasteiger partial charge < -0.3 is 45.1 Å². The molecule has 11 heteroatoms. The second-order valence-electron chi connectivity index (χ2n) is 28.1. The molecule has 554 valence electrons. The zero-order chi connectivity index (χ0) is 68.6. The molecule has 0 aromatic rings. The summed E-state index contributed by atoms with van der Waals surface area (Å²) < 4.78 is 16.8. The molecular weight excluding hydrogens is 1180 g/mol. The van der Waals surface area contributed by atoms with Gasteiger partial charge in [-0.2, -0.15) is 0 Å². The molecule has 0 spiro atoms. The molecule has 1 rings (SSSR count). The molecular formula is C84H153NO10. The zero-order valence-corrected chi connectivity index (χ0v) is 61.9. The average Bonchev–Trinajstić information content (AvgIpc) is 0.841. The molecule has 0 aromatic heterocycles. The highest BCUT2D eigenvalue weighted by atomic mass is 16.7. The fourth-order valence-electron chi connectivity index (χ4n) is 12.6. The predicted molar refractivity (Wildman–Crippen MR) is 403 cm³/mol. The number of aliphatic hydroxyl groups excluding tert-OH is 5. The largest absolute Gasteiger partial charge is 0.466 e. The Morgan fingerprint density at radius 1 is 0.389 bits per heavy atom. The predicted octanol–water partition coefficient (Wildman–Crippen LogP) is 22.2. The molecule has 0 radical (unpaired) electrons. The zero-order valence-electron chi connectivity index (χ0n) is 61.9. The molecule has 7 atom stereocenters. The molecule has 7 unspecified atom stereocenters. The molecule has 11 nitrogen and oxygen atoms in total. The summed E-state index contributed by atoms with van der Waals surface area (Å²) in [5.74, 6) is -0.187. The van der Waals surface area contributed by atoms with Gasteiger partial charge in [-0.1, -0.05) is 331 Å². The van der Waals surface area contributed by atoms with Gasteiger partial charge in [-0.05, 0) is 116 Å². The smallest absolute Gasteiger partial charge is 0.305 e. The Bertz CT molecular complexity index is 1810. The van der Waals surface area contributed by atoms with Crippen LogP contribution in [0.1, 0.15) is 386 Å². The normalized spacial score (nSPS) is 17.7. The van der Waals surface area contributed by atoms with Gasteiger partial charge >= 0.3 is 5.97 Å². The number of nitrogens with one attached hydrogen (secondary N) is 1. The van der Waals surface area contributed by atoms with Gasteiger partial charge in [-0.3, -0.25) is 9.59 Å². The second kappa shape index (κ2) is 72.4. The van der Waals surface area contributed by atoms with Crippen LogP contribution in [-0.4, -0.2) is 100 Å². The monoisotopic (exact) mass is 1340 g/mol. The van der Waals surface area contributed by atoms with Crippen molar-refractivity contribution in [3.63, 3.8) is 0 Å². The van der Waals surface area contributed by atoms with E-state index in [0.717, 1.165) is 77.0 Å². The molecule has 1 aliphatic heterocycles. The van der Waals surface area contributed by atoms with Crippen LogP contribution in [0.4, 0.5) is 0 Å². The minimum Gasteiger partial charge on any atom is -0.466 e. The van der Waals surface area contributed by atoms with Crippen molar-refractivity contribution in [1.82, 2.24) is 5.32 Å². The maximum Gasteiger partial charge on any atom is 0.305 e. The summed E-state index contributed by atoms with van der Waals surface area (Å²) in [6, 6.07) is -0.834. The van der Waals surface area contributed by atoms with Crippen molar-refractivity contribution in [2.75, 3.05) is 19.8 Å². The maximum absolute atomic E-state index is 13.1. The number of rotatable bonds is 72. The molecule has 0 bridgehead atoms. The van der Waals surface area contributed by atoms with Crippen molar-refractivity contribution >= 4 is 11.9 Å². The second-order valence-corrected chi connectivity index (χ2v) is 28.1. The van der Waals surface area contributed by atoms with Gasteiger partial charge in [0, 0.05) is 12.8 Å². The minimum atomic E-state index is -1.58. The summed E-state index contributed by atoms with van der Waals surface area (Å²) in [6.45, 7) is 4.32. The first-order valence-electron chi connectivity index (χ1n) is 40.7. The molecule has 6 N–H and O–H groups in total. The van der Waals surface area contributed by atoms with Crippen molar-refractivity contribution in [2.24, 2.45) is 0 Å². The highest BCUT2D eigenvalue weighted by molar-refractivity contribution is 5.76. The topological polar surface area (TPSA) is 175 Å². The van der Waals surface area contributed by atoms with Crippen molar-refractivity contribution in [3.8, 4) is 0 Å². The van der Waals surface area contributed by atoms with E-state index < -0.39 is 49.5 Å². The van der Waals surface area contributed by atoms with Crippen LogP contribution in [0.2, 0.25) is 0 Å².